The molecule has 0 N–H and O–H groups in total. The van der Waals surface area contributed by atoms with E-state index in [1.165, 1.54) is 11.3 Å². The van der Waals surface area contributed by atoms with Crippen LogP contribution in [-0.2, 0) is 22.2 Å². The van der Waals surface area contributed by atoms with E-state index in [-0.39, 0.29) is 6.61 Å². The van der Waals surface area contributed by atoms with Gasteiger partial charge in [0.2, 0.25) is 0 Å². The molecule has 1 rings (SSSR count). The van der Waals surface area contributed by atoms with Crippen molar-refractivity contribution < 1.29 is 12.9 Å². The minimum absolute atomic E-state index is 0.147. The second kappa shape index (κ2) is 3.96. The molecular formula is C6H7O3S2-. The molecule has 0 aliphatic heterocycles. The third kappa shape index (κ3) is 3.11. The molecule has 0 spiro atoms. The first-order chi connectivity index (χ1) is 5.18. The Bertz CT molecular complexity index is 256. The number of rotatable bonds is 3. The monoisotopic (exact) mass is 191 g/mol. The summed E-state index contributed by atoms with van der Waals surface area (Å²) >= 11 is -0.869. The van der Waals surface area contributed by atoms with E-state index in [0.717, 1.165) is 9.75 Å². The minimum atomic E-state index is -2.40. The molecule has 0 radical (unpaired) electrons. The molecule has 11 heavy (non-hydrogen) atoms. The molecule has 0 saturated heterocycles. The molecule has 0 aliphatic rings. The molecule has 1 heterocycles. The van der Waals surface area contributed by atoms with Crippen LogP contribution in [-0.4, -0.2) is 8.76 Å². The number of hydrogen-bond acceptors (Lipinski definition) is 4. The molecule has 0 bridgehead atoms. The molecule has 1 aromatic rings. The Morgan fingerprint density at radius 3 is 2.91 bits per heavy atom. The van der Waals surface area contributed by atoms with Gasteiger partial charge in [-0.1, -0.05) is 0 Å². The number of hydrogen-bond donors (Lipinski definition) is 0. The molecule has 0 aliphatic carbocycles. The maximum Gasteiger partial charge on any atom is 0.0971 e. The van der Waals surface area contributed by atoms with Crippen LogP contribution in [0.25, 0.3) is 0 Å². The Balaban J connectivity index is 2.45. The third-order valence-corrected chi connectivity index (χ3v) is 2.38. The average Bonchev–Trinajstić information content (AvgIpc) is 2.31. The van der Waals surface area contributed by atoms with Gasteiger partial charge in [-0.3, -0.25) is 4.18 Å². The first-order valence-electron chi connectivity index (χ1n) is 2.96. The zero-order chi connectivity index (χ0) is 8.27. The fraction of sp³-hybridized carbons (Fsp3) is 0.333. The lowest BCUT2D eigenvalue weighted by atomic mass is 10.4. The van der Waals surface area contributed by atoms with Crippen molar-refractivity contribution in [3.8, 4) is 0 Å². The minimum Gasteiger partial charge on any atom is -0.750 e. The van der Waals surface area contributed by atoms with Crippen LogP contribution in [0.4, 0.5) is 0 Å². The summed E-state index contributed by atoms with van der Waals surface area (Å²) in [5, 5.41) is 0. The second-order valence-corrected chi connectivity index (χ2v) is 4.00. The van der Waals surface area contributed by atoms with Crippen molar-refractivity contribution in [1.29, 1.82) is 0 Å². The van der Waals surface area contributed by atoms with Crippen LogP contribution >= 0.6 is 11.3 Å². The molecule has 1 aromatic heterocycles. The number of thiophene rings is 1. The highest BCUT2D eigenvalue weighted by Gasteiger charge is 1.95. The van der Waals surface area contributed by atoms with Gasteiger partial charge >= 0.3 is 0 Å². The van der Waals surface area contributed by atoms with Crippen LogP contribution in [0.15, 0.2) is 12.1 Å². The summed E-state index contributed by atoms with van der Waals surface area (Å²) in [5.41, 5.74) is 0. The predicted octanol–water partition coefficient (Wildman–Crippen LogP) is 1.37. The van der Waals surface area contributed by atoms with Crippen LogP contribution in [0.3, 0.4) is 0 Å². The van der Waals surface area contributed by atoms with Gasteiger partial charge in [0.05, 0.1) is 18.0 Å². The van der Waals surface area contributed by atoms with Gasteiger partial charge in [0.15, 0.2) is 0 Å². The van der Waals surface area contributed by atoms with E-state index >= 15 is 0 Å². The molecule has 0 aromatic carbocycles. The molecule has 1 unspecified atom stereocenters. The Morgan fingerprint density at radius 1 is 1.73 bits per heavy atom. The highest BCUT2D eigenvalue weighted by Crippen LogP contribution is 2.15. The summed E-state index contributed by atoms with van der Waals surface area (Å²) in [4.78, 5) is 2.08. The van der Waals surface area contributed by atoms with E-state index in [2.05, 4.69) is 4.18 Å². The second-order valence-electron chi connectivity index (χ2n) is 1.98. The standard InChI is InChI=1S/C6H8O3S2/c1-5-2-3-6(10-5)4-9-11(7)8/h2-3H,4H2,1H3,(H,7,8)/p-1. The molecule has 5 heteroatoms. The largest absolute Gasteiger partial charge is 0.750 e. The fourth-order valence-electron chi connectivity index (χ4n) is 0.669. The normalized spacial score (nSPS) is 13.3. The van der Waals surface area contributed by atoms with Crippen molar-refractivity contribution in [3.05, 3.63) is 21.9 Å². The SMILES string of the molecule is Cc1ccc(COS(=O)[O-])s1. The summed E-state index contributed by atoms with van der Waals surface area (Å²) in [5.74, 6) is 0. The maximum atomic E-state index is 9.96. The van der Waals surface area contributed by atoms with E-state index in [1.807, 2.05) is 19.1 Å². The van der Waals surface area contributed by atoms with Crippen molar-refractivity contribution in [2.75, 3.05) is 0 Å². The maximum absolute atomic E-state index is 9.96. The molecule has 0 saturated carbocycles. The van der Waals surface area contributed by atoms with Crippen molar-refractivity contribution in [3.63, 3.8) is 0 Å². The van der Waals surface area contributed by atoms with Gasteiger partial charge in [-0.2, -0.15) is 0 Å². The first-order valence-corrected chi connectivity index (χ1v) is 4.78. The Hall–Kier alpha value is -0.230. The first kappa shape index (κ1) is 8.86. The van der Waals surface area contributed by atoms with Crippen LogP contribution in [0.1, 0.15) is 9.75 Å². The van der Waals surface area contributed by atoms with Crippen LogP contribution in [0, 0.1) is 6.92 Å². The zero-order valence-electron chi connectivity index (χ0n) is 5.90. The van der Waals surface area contributed by atoms with Gasteiger partial charge in [-0.15, -0.1) is 11.3 Å². The topological polar surface area (TPSA) is 49.4 Å². The molecule has 1 atom stereocenters. The summed E-state index contributed by atoms with van der Waals surface area (Å²) in [6, 6.07) is 3.78. The molecular weight excluding hydrogens is 184 g/mol. The third-order valence-electron chi connectivity index (χ3n) is 1.09. The predicted molar refractivity (Wildman–Crippen MR) is 42.8 cm³/mol. The van der Waals surface area contributed by atoms with Gasteiger partial charge < -0.3 is 4.55 Å². The van der Waals surface area contributed by atoms with E-state index in [4.69, 9.17) is 0 Å². The summed E-state index contributed by atoms with van der Waals surface area (Å²) in [6.07, 6.45) is 0. The Kier molecular flexibility index (Phi) is 3.19. The lowest BCUT2D eigenvalue weighted by Crippen LogP contribution is -1.93. The van der Waals surface area contributed by atoms with Gasteiger partial charge in [-0.25, -0.2) is 4.21 Å². The van der Waals surface area contributed by atoms with Gasteiger partial charge in [0, 0.05) is 9.75 Å². The van der Waals surface area contributed by atoms with Crippen molar-refractivity contribution in [1.82, 2.24) is 0 Å². The quantitative estimate of drug-likeness (QED) is 0.678. The van der Waals surface area contributed by atoms with E-state index in [0.29, 0.717) is 0 Å². The average molecular weight is 191 g/mol. The van der Waals surface area contributed by atoms with Crippen LogP contribution in [0.2, 0.25) is 0 Å². The summed E-state index contributed by atoms with van der Waals surface area (Å²) < 4.78 is 24.3. The Morgan fingerprint density at radius 2 is 2.45 bits per heavy atom. The lowest BCUT2D eigenvalue weighted by Gasteiger charge is -2.02. The molecule has 62 valence electrons. The van der Waals surface area contributed by atoms with Gasteiger partial charge in [0.1, 0.15) is 0 Å². The Labute approximate surface area is 71.5 Å². The van der Waals surface area contributed by atoms with Crippen LogP contribution < -0.4 is 0 Å². The lowest BCUT2D eigenvalue weighted by molar-refractivity contribution is 0.294. The highest BCUT2D eigenvalue weighted by molar-refractivity contribution is 7.74. The van der Waals surface area contributed by atoms with Crippen molar-refractivity contribution >= 4 is 22.7 Å². The fourth-order valence-corrected chi connectivity index (χ4v) is 1.77. The summed E-state index contributed by atoms with van der Waals surface area (Å²) in [6.45, 7) is 2.11. The molecule has 3 nitrogen and oxygen atoms in total. The smallest absolute Gasteiger partial charge is 0.0971 e. The van der Waals surface area contributed by atoms with E-state index in [9.17, 15) is 8.76 Å². The van der Waals surface area contributed by atoms with E-state index in [1.54, 1.807) is 0 Å². The van der Waals surface area contributed by atoms with E-state index < -0.39 is 11.4 Å². The summed E-state index contributed by atoms with van der Waals surface area (Å²) in [7, 11) is 0. The molecule has 0 amide bonds. The molecule has 0 fully saturated rings. The van der Waals surface area contributed by atoms with Gasteiger partial charge in [-0.05, 0) is 19.1 Å². The van der Waals surface area contributed by atoms with Crippen LogP contribution in [0.5, 0.6) is 0 Å². The highest BCUT2D eigenvalue weighted by atomic mass is 32.2. The number of aryl methyl sites for hydroxylation is 1. The van der Waals surface area contributed by atoms with Gasteiger partial charge in [0.25, 0.3) is 0 Å². The van der Waals surface area contributed by atoms with Crippen molar-refractivity contribution in [2.24, 2.45) is 0 Å². The van der Waals surface area contributed by atoms with Crippen molar-refractivity contribution in [2.45, 2.75) is 13.5 Å². The zero-order valence-corrected chi connectivity index (χ0v) is 7.54.